The Hall–Kier alpha value is -3.84. The number of anilines is 1. The van der Waals surface area contributed by atoms with Crippen molar-refractivity contribution in [3.63, 3.8) is 0 Å². The van der Waals surface area contributed by atoms with Gasteiger partial charge in [0.15, 0.2) is 0 Å². The Labute approximate surface area is 202 Å². The molecule has 174 valence electrons. The van der Waals surface area contributed by atoms with Crippen LogP contribution in [-0.4, -0.2) is 35.0 Å². The van der Waals surface area contributed by atoms with Crippen molar-refractivity contribution < 1.29 is 24.2 Å². The van der Waals surface area contributed by atoms with Crippen molar-refractivity contribution in [2.45, 2.75) is 19.9 Å². The van der Waals surface area contributed by atoms with Crippen molar-refractivity contribution in [2.24, 2.45) is 0 Å². The number of hydrogen-bond donors (Lipinski definition) is 1. The zero-order valence-electron chi connectivity index (χ0n) is 18.7. The van der Waals surface area contributed by atoms with Gasteiger partial charge >= 0.3 is 0 Å². The highest BCUT2D eigenvalue weighted by atomic mass is 35.5. The van der Waals surface area contributed by atoms with Crippen LogP contribution in [0.15, 0.2) is 72.6 Å². The molecule has 3 aromatic rings. The SMILES string of the molecule is CCOc1cccc(N2C(=O)C(=O)/C(=C(/O)c3ccc(Cl)c(OCC)c3)C2c2cccnc2)c1. The molecule has 2 aromatic carbocycles. The molecule has 0 spiro atoms. The minimum absolute atomic E-state index is 0.0513. The molecular weight excluding hydrogens is 456 g/mol. The number of benzene rings is 2. The molecule has 4 rings (SSSR count). The summed E-state index contributed by atoms with van der Waals surface area (Å²) in [6.45, 7) is 4.50. The Morgan fingerprint density at radius 1 is 1.06 bits per heavy atom. The number of halogens is 1. The number of aromatic nitrogens is 1. The first kappa shape index (κ1) is 23.3. The van der Waals surface area contributed by atoms with Gasteiger partial charge in [0.1, 0.15) is 17.3 Å². The molecule has 7 nitrogen and oxygen atoms in total. The van der Waals surface area contributed by atoms with Crippen LogP contribution in [0.3, 0.4) is 0 Å². The summed E-state index contributed by atoms with van der Waals surface area (Å²) in [5.41, 5.74) is 1.29. The minimum atomic E-state index is -0.892. The van der Waals surface area contributed by atoms with Gasteiger partial charge in [0.25, 0.3) is 11.7 Å². The van der Waals surface area contributed by atoms with E-state index in [4.69, 9.17) is 21.1 Å². The number of rotatable bonds is 7. The van der Waals surface area contributed by atoms with Gasteiger partial charge in [-0.05, 0) is 55.8 Å². The second-order valence-corrected chi connectivity index (χ2v) is 7.87. The molecule has 1 unspecified atom stereocenters. The van der Waals surface area contributed by atoms with Gasteiger partial charge in [-0.25, -0.2) is 0 Å². The number of carbonyl (C=O) groups is 2. The molecule has 1 N–H and O–H groups in total. The van der Waals surface area contributed by atoms with Crippen molar-refractivity contribution in [3.8, 4) is 11.5 Å². The van der Waals surface area contributed by atoms with Crippen molar-refractivity contribution in [3.05, 3.63) is 88.7 Å². The number of ketones is 1. The largest absolute Gasteiger partial charge is 0.507 e. The summed E-state index contributed by atoms with van der Waals surface area (Å²) in [6, 6.07) is 14.2. The number of carbonyl (C=O) groups excluding carboxylic acids is 2. The van der Waals surface area contributed by atoms with Crippen LogP contribution in [0, 0.1) is 0 Å². The van der Waals surface area contributed by atoms with E-state index < -0.39 is 17.7 Å². The van der Waals surface area contributed by atoms with E-state index in [0.29, 0.717) is 46.5 Å². The third-order valence-corrected chi connectivity index (χ3v) is 5.67. The van der Waals surface area contributed by atoms with Crippen LogP contribution in [-0.2, 0) is 9.59 Å². The number of ether oxygens (including phenoxy) is 2. The molecule has 1 aromatic heterocycles. The summed E-state index contributed by atoms with van der Waals surface area (Å²) < 4.78 is 11.1. The number of amides is 1. The second kappa shape index (κ2) is 9.97. The van der Waals surface area contributed by atoms with Gasteiger partial charge in [0, 0.05) is 29.7 Å². The Bertz CT molecular complexity index is 1260. The standard InChI is InChI=1S/C26H23ClN2O5/c1-3-33-19-9-5-8-18(14-19)29-23(17-7-6-12-28-15-17)22(25(31)26(29)32)24(30)16-10-11-20(27)21(13-16)34-4-2/h5-15,23,30H,3-4H2,1-2H3/b24-22+. The predicted molar refractivity (Wildman–Crippen MR) is 129 cm³/mol. The van der Waals surface area contributed by atoms with E-state index >= 15 is 0 Å². The minimum Gasteiger partial charge on any atom is -0.507 e. The normalized spacial score (nSPS) is 17.1. The monoisotopic (exact) mass is 478 g/mol. The molecule has 2 heterocycles. The van der Waals surface area contributed by atoms with E-state index in [1.807, 2.05) is 13.8 Å². The summed E-state index contributed by atoms with van der Waals surface area (Å²) in [5, 5.41) is 11.6. The van der Waals surface area contributed by atoms with Crippen LogP contribution < -0.4 is 14.4 Å². The number of aliphatic hydroxyl groups excluding tert-OH is 1. The molecule has 1 aliphatic heterocycles. The molecule has 1 aliphatic rings. The zero-order valence-corrected chi connectivity index (χ0v) is 19.5. The summed E-state index contributed by atoms with van der Waals surface area (Å²) >= 11 is 6.19. The highest BCUT2D eigenvalue weighted by molar-refractivity contribution is 6.51. The fourth-order valence-electron chi connectivity index (χ4n) is 3.91. The molecule has 34 heavy (non-hydrogen) atoms. The summed E-state index contributed by atoms with van der Waals surface area (Å²) in [5.74, 6) is -0.965. The third kappa shape index (κ3) is 4.34. The Morgan fingerprint density at radius 2 is 1.85 bits per heavy atom. The number of pyridine rings is 1. The van der Waals surface area contributed by atoms with Gasteiger partial charge in [0.2, 0.25) is 0 Å². The highest BCUT2D eigenvalue weighted by Crippen LogP contribution is 2.43. The quantitative estimate of drug-likeness (QED) is 0.286. The Morgan fingerprint density at radius 3 is 2.56 bits per heavy atom. The maximum Gasteiger partial charge on any atom is 0.300 e. The van der Waals surface area contributed by atoms with E-state index in [9.17, 15) is 14.7 Å². The first-order valence-electron chi connectivity index (χ1n) is 10.8. The second-order valence-electron chi connectivity index (χ2n) is 7.46. The molecule has 1 atom stereocenters. The molecule has 0 aliphatic carbocycles. The van der Waals surface area contributed by atoms with E-state index in [-0.39, 0.29) is 11.3 Å². The lowest BCUT2D eigenvalue weighted by Gasteiger charge is -2.25. The van der Waals surface area contributed by atoms with Gasteiger partial charge in [0.05, 0.1) is 29.9 Å². The molecule has 0 bridgehead atoms. The van der Waals surface area contributed by atoms with Crippen molar-refractivity contribution in [1.29, 1.82) is 0 Å². The van der Waals surface area contributed by atoms with Gasteiger partial charge in [-0.1, -0.05) is 23.7 Å². The molecule has 0 radical (unpaired) electrons. The average Bonchev–Trinajstić information content (AvgIpc) is 3.11. The van der Waals surface area contributed by atoms with Gasteiger partial charge in [-0.3, -0.25) is 19.5 Å². The van der Waals surface area contributed by atoms with Crippen LogP contribution in [0.1, 0.15) is 31.0 Å². The van der Waals surface area contributed by atoms with Crippen LogP contribution in [0.4, 0.5) is 5.69 Å². The fraction of sp³-hybridized carbons (Fsp3) is 0.192. The molecule has 1 saturated heterocycles. The number of hydrogen-bond acceptors (Lipinski definition) is 6. The summed E-state index contributed by atoms with van der Waals surface area (Å²) in [7, 11) is 0. The summed E-state index contributed by atoms with van der Waals surface area (Å²) in [6.07, 6.45) is 3.16. The first-order chi connectivity index (χ1) is 16.5. The lowest BCUT2D eigenvalue weighted by atomic mass is 9.96. The maximum atomic E-state index is 13.3. The molecular formula is C26H23ClN2O5. The number of aliphatic hydroxyl groups is 1. The molecule has 1 fully saturated rings. The average molecular weight is 479 g/mol. The Balaban J connectivity index is 1.90. The molecule has 0 saturated carbocycles. The smallest absolute Gasteiger partial charge is 0.300 e. The van der Waals surface area contributed by atoms with Crippen molar-refractivity contribution >= 4 is 34.7 Å². The van der Waals surface area contributed by atoms with Crippen molar-refractivity contribution in [1.82, 2.24) is 4.98 Å². The topological polar surface area (TPSA) is 89.0 Å². The van der Waals surface area contributed by atoms with Crippen LogP contribution in [0.25, 0.3) is 5.76 Å². The van der Waals surface area contributed by atoms with E-state index in [1.54, 1.807) is 67.0 Å². The fourth-order valence-corrected chi connectivity index (χ4v) is 4.09. The van der Waals surface area contributed by atoms with E-state index in [0.717, 1.165) is 0 Å². The highest BCUT2D eigenvalue weighted by Gasteiger charge is 2.47. The Kier molecular flexibility index (Phi) is 6.84. The predicted octanol–water partition coefficient (Wildman–Crippen LogP) is 5.16. The van der Waals surface area contributed by atoms with Gasteiger partial charge in [-0.2, -0.15) is 0 Å². The third-order valence-electron chi connectivity index (χ3n) is 5.36. The molecule has 8 heteroatoms. The zero-order chi connectivity index (χ0) is 24.2. The van der Waals surface area contributed by atoms with Crippen LogP contribution in [0.5, 0.6) is 11.5 Å². The number of Topliss-reactive ketones (excluding diaryl/α,β-unsaturated/α-hetero) is 1. The summed E-state index contributed by atoms with van der Waals surface area (Å²) in [4.78, 5) is 32.0. The number of nitrogens with zero attached hydrogens (tertiary/aromatic N) is 2. The lowest BCUT2D eigenvalue weighted by molar-refractivity contribution is -0.132. The van der Waals surface area contributed by atoms with Crippen LogP contribution in [0.2, 0.25) is 5.02 Å². The van der Waals surface area contributed by atoms with Crippen molar-refractivity contribution in [2.75, 3.05) is 18.1 Å². The van der Waals surface area contributed by atoms with Gasteiger partial charge < -0.3 is 14.6 Å². The lowest BCUT2D eigenvalue weighted by Crippen LogP contribution is -2.29. The molecule has 1 amide bonds. The van der Waals surface area contributed by atoms with Gasteiger partial charge in [-0.15, -0.1) is 0 Å². The van der Waals surface area contributed by atoms with E-state index in [2.05, 4.69) is 4.98 Å². The van der Waals surface area contributed by atoms with Crippen LogP contribution >= 0.6 is 11.6 Å². The van der Waals surface area contributed by atoms with E-state index in [1.165, 1.54) is 4.90 Å². The maximum absolute atomic E-state index is 13.3. The first-order valence-corrected chi connectivity index (χ1v) is 11.2.